The number of hydrogen-bond acceptors (Lipinski definition) is 3. The van der Waals surface area contributed by atoms with Crippen LogP contribution in [-0.4, -0.2) is 34.8 Å². The smallest absolute Gasteiger partial charge is 0.324 e. The molecule has 6 nitrogen and oxygen atoms in total. The van der Waals surface area contributed by atoms with Crippen LogP contribution in [0.3, 0.4) is 0 Å². The second kappa shape index (κ2) is 7.09. The van der Waals surface area contributed by atoms with Gasteiger partial charge < -0.3 is 10.6 Å². The van der Waals surface area contributed by atoms with Gasteiger partial charge >= 0.3 is 6.03 Å². The summed E-state index contributed by atoms with van der Waals surface area (Å²) in [4.78, 5) is 38.7. The predicted molar refractivity (Wildman–Crippen MR) is 99.8 cm³/mol. The molecule has 2 aliphatic rings. The number of urea groups is 1. The van der Waals surface area contributed by atoms with Crippen LogP contribution in [0.1, 0.15) is 50.2 Å². The number of amides is 4. The molecule has 2 fully saturated rings. The number of imide groups is 1. The van der Waals surface area contributed by atoms with E-state index in [0.29, 0.717) is 18.8 Å². The van der Waals surface area contributed by atoms with Crippen molar-refractivity contribution in [3.05, 3.63) is 29.3 Å². The van der Waals surface area contributed by atoms with Crippen molar-refractivity contribution in [2.75, 3.05) is 11.9 Å². The number of benzene rings is 1. The van der Waals surface area contributed by atoms with E-state index in [1.54, 1.807) is 0 Å². The molecule has 0 radical (unpaired) electrons. The summed E-state index contributed by atoms with van der Waals surface area (Å²) in [7, 11) is 0. The van der Waals surface area contributed by atoms with E-state index in [-0.39, 0.29) is 18.4 Å². The fourth-order valence-electron chi connectivity index (χ4n) is 4.07. The topological polar surface area (TPSA) is 78.5 Å². The molecule has 1 aliphatic carbocycles. The predicted octanol–water partition coefficient (Wildman–Crippen LogP) is 3.13. The van der Waals surface area contributed by atoms with Gasteiger partial charge in [-0.25, -0.2) is 4.79 Å². The highest BCUT2D eigenvalue weighted by Gasteiger charge is 2.52. The Labute approximate surface area is 154 Å². The van der Waals surface area contributed by atoms with Gasteiger partial charge in [0.1, 0.15) is 12.1 Å². The molecule has 1 aromatic rings. The average molecular weight is 357 g/mol. The summed E-state index contributed by atoms with van der Waals surface area (Å²) < 4.78 is 0. The standard InChI is InChI=1S/C20H27N3O3/c1-4-15-8-10-20(11-9-15)18(25)23(19(26)22-20)12-16(24)21-17-13(2)6-5-7-14(17)3/h5-7,15H,4,8-12H2,1-3H3,(H,21,24)(H,22,26). The molecule has 26 heavy (non-hydrogen) atoms. The lowest BCUT2D eigenvalue weighted by Crippen LogP contribution is -2.49. The van der Waals surface area contributed by atoms with E-state index in [0.717, 1.165) is 41.0 Å². The second-order valence-corrected chi connectivity index (χ2v) is 7.57. The van der Waals surface area contributed by atoms with Crippen LogP contribution >= 0.6 is 0 Å². The van der Waals surface area contributed by atoms with Gasteiger partial charge in [-0.15, -0.1) is 0 Å². The molecule has 1 aromatic carbocycles. The summed E-state index contributed by atoms with van der Waals surface area (Å²) in [5, 5.41) is 5.70. The first-order valence-corrected chi connectivity index (χ1v) is 9.36. The highest BCUT2D eigenvalue weighted by atomic mass is 16.2. The summed E-state index contributed by atoms with van der Waals surface area (Å²) in [5.41, 5.74) is 1.83. The third-order valence-corrected chi connectivity index (χ3v) is 5.83. The van der Waals surface area contributed by atoms with Crippen molar-refractivity contribution in [1.82, 2.24) is 10.2 Å². The molecular weight excluding hydrogens is 330 g/mol. The first kappa shape index (κ1) is 18.4. The number of carbonyl (C=O) groups is 3. The third-order valence-electron chi connectivity index (χ3n) is 5.83. The molecule has 6 heteroatoms. The number of carbonyl (C=O) groups excluding carboxylic acids is 3. The fourth-order valence-corrected chi connectivity index (χ4v) is 4.07. The number of hydrogen-bond donors (Lipinski definition) is 2. The van der Waals surface area contributed by atoms with Gasteiger partial charge in [0.2, 0.25) is 5.91 Å². The van der Waals surface area contributed by atoms with Crippen LogP contribution in [0, 0.1) is 19.8 Å². The number of anilines is 1. The summed E-state index contributed by atoms with van der Waals surface area (Å²) in [6.45, 7) is 5.73. The van der Waals surface area contributed by atoms with Gasteiger partial charge in [0.05, 0.1) is 0 Å². The Bertz CT molecular complexity index is 716. The highest BCUT2D eigenvalue weighted by Crippen LogP contribution is 2.37. The van der Waals surface area contributed by atoms with Gasteiger partial charge in [-0.05, 0) is 56.6 Å². The molecule has 0 unspecified atom stereocenters. The number of nitrogens with zero attached hydrogens (tertiary/aromatic N) is 1. The minimum Gasteiger partial charge on any atom is -0.324 e. The Balaban J connectivity index is 1.67. The van der Waals surface area contributed by atoms with Crippen molar-refractivity contribution in [2.45, 2.75) is 58.4 Å². The van der Waals surface area contributed by atoms with E-state index in [4.69, 9.17) is 0 Å². The first-order valence-electron chi connectivity index (χ1n) is 9.36. The SMILES string of the molecule is CCC1CCC2(CC1)NC(=O)N(CC(=O)Nc1c(C)cccc1C)C2=O. The number of rotatable bonds is 4. The van der Waals surface area contributed by atoms with Crippen LogP contribution in [0.4, 0.5) is 10.5 Å². The Kier molecular flexibility index (Phi) is 5.03. The van der Waals surface area contributed by atoms with Crippen LogP contribution in [0.25, 0.3) is 0 Å². The van der Waals surface area contributed by atoms with Crippen molar-refractivity contribution >= 4 is 23.5 Å². The van der Waals surface area contributed by atoms with Gasteiger partial charge in [-0.2, -0.15) is 0 Å². The molecule has 1 saturated carbocycles. The third kappa shape index (κ3) is 3.32. The molecule has 0 aromatic heterocycles. The van der Waals surface area contributed by atoms with Crippen LogP contribution < -0.4 is 10.6 Å². The molecule has 2 N–H and O–H groups in total. The van der Waals surface area contributed by atoms with Crippen molar-refractivity contribution in [1.29, 1.82) is 0 Å². The molecule has 140 valence electrons. The quantitative estimate of drug-likeness (QED) is 0.813. The highest BCUT2D eigenvalue weighted by molar-refractivity contribution is 6.10. The summed E-state index contributed by atoms with van der Waals surface area (Å²) in [6, 6.07) is 5.30. The zero-order valence-electron chi connectivity index (χ0n) is 15.7. The lowest BCUT2D eigenvalue weighted by molar-refractivity contribution is -0.135. The van der Waals surface area contributed by atoms with Crippen LogP contribution in [0.15, 0.2) is 18.2 Å². The summed E-state index contributed by atoms with van der Waals surface area (Å²) >= 11 is 0. The van der Waals surface area contributed by atoms with Gasteiger partial charge in [-0.3, -0.25) is 14.5 Å². The fraction of sp³-hybridized carbons (Fsp3) is 0.550. The Morgan fingerprint density at radius 2 is 1.85 bits per heavy atom. The van der Waals surface area contributed by atoms with Crippen molar-refractivity contribution < 1.29 is 14.4 Å². The van der Waals surface area contributed by atoms with Crippen molar-refractivity contribution in [2.24, 2.45) is 5.92 Å². The molecule has 0 atom stereocenters. The van der Waals surface area contributed by atoms with E-state index in [1.165, 1.54) is 0 Å². The molecule has 1 aliphatic heterocycles. The van der Waals surface area contributed by atoms with Crippen LogP contribution in [0.5, 0.6) is 0 Å². The largest absolute Gasteiger partial charge is 0.325 e. The molecule has 3 rings (SSSR count). The van der Waals surface area contributed by atoms with E-state index in [2.05, 4.69) is 17.6 Å². The normalized spacial score (nSPS) is 25.5. The Morgan fingerprint density at radius 1 is 1.23 bits per heavy atom. The first-order chi connectivity index (χ1) is 12.4. The maximum Gasteiger partial charge on any atom is 0.325 e. The minimum absolute atomic E-state index is 0.253. The van der Waals surface area contributed by atoms with Gasteiger partial charge in [0.15, 0.2) is 0 Å². The molecule has 0 bridgehead atoms. The lowest BCUT2D eigenvalue weighted by atomic mass is 9.75. The molecular formula is C20H27N3O3. The summed E-state index contributed by atoms with van der Waals surface area (Å²) in [5.74, 6) is 0.00519. The second-order valence-electron chi connectivity index (χ2n) is 7.57. The van der Waals surface area contributed by atoms with Gasteiger partial charge in [0.25, 0.3) is 5.91 Å². The Morgan fingerprint density at radius 3 is 2.42 bits per heavy atom. The van der Waals surface area contributed by atoms with E-state index in [1.807, 2.05) is 32.0 Å². The minimum atomic E-state index is -0.804. The van der Waals surface area contributed by atoms with Gasteiger partial charge in [0, 0.05) is 5.69 Å². The van der Waals surface area contributed by atoms with Crippen LogP contribution in [0.2, 0.25) is 0 Å². The van der Waals surface area contributed by atoms with E-state index >= 15 is 0 Å². The maximum absolute atomic E-state index is 12.9. The Hall–Kier alpha value is -2.37. The zero-order valence-corrected chi connectivity index (χ0v) is 15.7. The molecule has 1 heterocycles. The number of nitrogens with one attached hydrogen (secondary N) is 2. The lowest BCUT2D eigenvalue weighted by Gasteiger charge is -2.34. The maximum atomic E-state index is 12.9. The molecule has 4 amide bonds. The average Bonchev–Trinajstić information content (AvgIpc) is 2.83. The zero-order chi connectivity index (χ0) is 18.9. The summed E-state index contributed by atoms with van der Waals surface area (Å²) in [6.07, 6.45) is 4.28. The van der Waals surface area contributed by atoms with Gasteiger partial charge in [-0.1, -0.05) is 31.5 Å². The monoisotopic (exact) mass is 357 g/mol. The molecule has 1 spiro atoms. The molecule has 1 saturated heterocycles. The number of para-hydroxylation sites is 1. The van der Waals surface area contributed by atoms with Crippen molar-refractivity contribution in [3.8, 4) is 0 Å². The van der Waals surface area contributed by atoms with Crippen molar-refractivity contribution in [3.63, 3.8) is 0 Å². The van der Waals surface area contributed by atoms with Crippen LogP contribution in [-0.2, 0) is 9.59 Å². The number of aryl methyl sites for hydroxylation is 2. The van der Waals surface area contributed by atoms with E-state index < -0.39 is 11.6 Å². The van der Waals surface area contributed by atoms with E-state index in [9.17, 15) is 14.4 Å².